The Hall–Kier alpha value is -2.76. The van der Waals surface area contributed by atoms with Crippen LogP contribution in [0.2, 0.25) is 0 Å². The minimum absolute atomic E-state index is 0.0687. The number of amides is 2. The van der Waals surface area contributed by atoms with Gasteiger partial charge in [0.15, 0.2) is 0 Å². The molecular weight excluding hydrogens is 256 g/mol. The molecule has 0 spiro atoms. The number of nitrogens with one attached hydrogen (secondary N) is 1. The monoisotopic (exact) mass is 270 g/mol. The SMILES string of the molecule is Cc1nccc(C(=O)Nc2ccccc2CC(N)=O)n1. The number of aryl methyl sites for hydroxylation is 1. The van der Waals surface area contributed by atoms with Crippen molar-refractivity contribution in [2.24, 2.45) is 5.73 Å². The topological polar surface area (TPSA) is 98.0 Å². The molecule has 2 rings (SSSR count). The lowest BCUT2D eigenvalue weighted by molar-refractivity contribution is -0.117. The van der Waals surface area contributed by atoms with Gasteiger partial charge in [0, 0.05) is 11.9 Å². The first-order valence-electron chi connectivity index (χ1n) is 6.03. The van der Waals surface area contributed by atoms with E-state index in [0.717, 1.165) is 0 Å². The standard InChI is InChI=1S/C14H14N4O2/c1-9-16-7-6-12(17-9)14(20)18-11-5-3-2-4-10(11)8-13(15)19/h2-7H,8H2,1H3,(H2,15,19)(H,18,20). The molecule has 3 N–H and O–H groups in total. The van der Waals surface area contributed by atoms with E-state index in [2.05, 4.69) is 15.3 Å². The number of benzene rings is 1. The third-order valence-electron chi connectivity index (χ3n) is 2.64. The van der Waals surface area contributed by atoms with Crippen LogP contribution in [-0.2, 0) is 11.2 Å². The van der Waals surface area contributed by atoms with Crippen molar-refractivity contribution in [1.82, 2.24) is 9.97 Å². The molecule has 0 fully saturated rings. The average molecular weight is 270 g/mol. The quantitative estimate of drug-likeness (QED) is 0.868. The fourth-order valence-electron chi connectivity index (χ4n) is 1.75. The van der Waals surface area contributed by atoms with Crippen molar-refractivity contribution in [2.75, 3.05) is 5.32 Å². The number of rotatable bonds is 4. The van der Waals surface area contributed by atoms with Crippen molar-refractivity contribution in [3.8, 4) is 0 Å². The molecule has 6 nitrogen and oxygen atoms in total. The molecule has 2 aromatic rings. The molecule has 1 heterocycles. The van der Waals surface area contributed by atoms with Gasteiger partial charge >= 0.3 is 0 Å². The van der Waals surface area contributed by atoms with E-state index in [1.165, 1.54) is 12.3 Å². The number of nitrogens with two attached hydrogens (primary N) is 1. The van der Waals surface area contributed by atoms with E-state index in [1.807, 2.05) is 0 Å². The van der Waals surface area contributed by atoms with E-state index in [-0.39, 0.29) is 18.0 Å². The van der Waals surface area contributed by atoms with Gasteiger partial charge in [-0.25, -0.2) is 9.97 Å². The molecular formula is C14H14N4O2. The zero-order valence-corrected chi connectivity index (χ0v) is 11.0. The summed E-state index contributed by atoms with van der Waals surface area (Å²) in [5.74, 6) is -0.292. The normalized spacial score (nSPS) is 10.1. The van der Waals surface area contributed by atoms with Crippen molar-refractivity contribution in [3.05, 3.63) is 53.6 Å². The minimum atomic E-state index is -0.454. The molecule has 0 aliphatic heterocycles. The van der Waals surface area contributed by atoms with Crippen molar-refractivity contribution in [3.63, 3.8) is 0 Å². The third-order valence-corrected chi connectivity index (χ3v) is 2.64. The summed E-state index contributed by atoms with van der Waals surface area (Å²) in [4.78, 5) is 31.1. The first-order chi connectivity index (χ1) is 9.56. The Morgan fingerprint density at radius 3 is 2.70 bits per heavy atom. The van der Waals surface area contributed by atoms with Crippen LogP contribution in [0.5, 0.6) is 0 Å². The molecule has 0 atom stereocenters. The van der Waals surface area contributed by atoms with E-state index < -0.39 is 5.91 Å². The second-order valence-electron chi connectivity index (χ2n) is 4.24. The molecule has 0 bridgehead atoms. The molecule has 6 heteroatoms. The predicted molar refractivity (Wildman–Crippen MR) is 74.1 cm³/mol. The number of carbonyl (C=O) groups excluding carboxylic acids is 2. The van der Waals surface area contributed by atoms with Crippen LogP contribution in [0.3, 0.4) is 0 Å². The summed E-state index contributed by atoms with van der Waals surface area (Å²) in [5, 5.41) is 2.72. The summed E-state index contributed by atoms with van der Waals surface area (Å²) in [6.45, 7) is 1.71. The lowest BCUT2D eigenvalue weighted by atomic mass is 10.1. The molecule has 1 aromatic heterocycles. The van der Waals surface area contributed by atoms with Gasteiger partial charge in [-0.15, -0.1) is 0 Å². The maximum Gasteiger partial charge on any atom is 0.274 e. The Morgan fingerprint density at radius 1 is 1.25 bits per heavy atom. The summed E-state index contributed by atoms with van der Waals surface area (Å²) >= 11 is 0. The van der Waals surface area contributed by atoms with Gasteiger partial charge in [0.25, 0.3) is 5.91 Å². The molecule has 0 aliphatic rings. The second kappa shape index (κ2) is 5.92. The molecule has 0 saturated carbocycles. The fourth-order valence-corrected chi connectivity index (χ4v) is 1.75. The van der Waals surface area contributed by atoms with Crippen LogP contribution in [0, 0.1) is 6.92 Å². The zero-order valence-electron chi connectivity index (χ0n) is 11.0. The predicted octanol–water partition coefficient (Wildman–Crippen LogP) is 1.07. The Labute approximate surface area is 116 Å². The number of hydrogen-bond acceptors (Lipinski definition) is 4. The number of para-hydroxylation sites is 1. The van der Waals surface area contributed by atoms with E-state index in [0.29, 0.717) is 17.1 Å². The van der Waals surface area contributed by atoms with Gasteiger partial charge in [-0.2, -0.15) is 0 Å². The lowest BCUT2D eigenvalue weighted by Crippen LogP contribution is -2.18. The summed E-state index contributed by atoms with van der Waals surface area (Å²) in [7, 11) is 0. The number of hydrogen-bond donors (Lipinski definition) is 2. The summed E-state index contributed by atoms with van der Waals surface area (Å²) in [6, 6.07) is 8.53. The molecule has 0 aliphatic carbocycles. The maximum atomic E-state index is 12.1. The van der Waals surface area contributed by atoms with E-state index in [4.69, 9.17) is 5.73 Å². The summed E-state index contributed by atoms with van der Waals surface area (Å²) < 4.78 is 0. The van der Waals surface area contributed by atoms with Crippen molar-refractivity contribution in [1.29, 1.82) is 0 Å². The van der Waals surface area contributed by atoms with Crippen LogP contribution in [0.4, 0.5) is 5.69 Å². The highest BCUT2D eigenvalue weighted by Gasteiger charge is 2.11. The van der Waals surface area contributed by atoms with Crippen LogP contribution in [0.1, 0.15) is 21.9 Å². The van der Waals surface area contributed by atoms with Crippen molar-refractivity contribution >= 4 is 17.5 Å². The fraction of sp³-hybridized carbons (Fsp3) is 0.143. The number of aromatic nitrogens is 2. The summed E-state index contributed by atoms with van der Waals surface area (Å²) in [5.41, 5.74) is 6.67. The van der Waals surface area contributed by atoms with Crippen LogP contribution < -0.4 is 11.1 Å². The van der Waals surface area contributed by atoms with E-state index in [1.54, 1.807) is 31.2 Å². The highest BCUT2D eigenvalue weighted by molar-refractivity contribution is 6.03. The third kappa shape index (κ3) is 3.38. The van der Waals surface area contributed by atoms with Crippen LogP contribution in [0.25, 0.3) is 0 Å². The largest absolute Gasteiger partial charge is 0.369 e. The molecule has 2 amide bonds. The van der Waals surface area contributed by atoms with Crippen LogP contribution in [-0.4, -0.2) is 21.8 Å². The lowest BCUT2D eigenvalue weighted by Gasteiger charge is -2.09. The molecule has 20 heavy (non-hydrogen) atoms. The van der Waals surface area contributed by atoms with Crippen LogP contribution >= 0.6 is 0 Å². The molecule has 0 unspecified atom stereocenters. The molecule has 0 radical (unpaired) electrons. The smallest absolute Gasteiger partial charge is 0.274 e. The second-order valence-corrected chi connectivity index (χ2v) is 4.24. The highest BCUT2D eigenvalue weighted by atomic mass is 16.2. The number of carbonyl (C=O) groups is 2. The highest BCUT2D eigenvalue weighted by Crippen LogP contribution is 2.16. The van der Waals surface area contributed by atoms with Crippen molar-refractivity contribution < 1.29 is 9.59 Å². The maximum absolute atomic E-state index is 12.1. The Bertz CT molecular complexity index is 655. The minimum Gasteiger partial charge on any atom is -0.369 e. The van der Waals surface area contributed by atoms with E-state index in [9.17, 15) is 9.59 Å². The molecule has 1 aromatic carbocycles. The van der Waals surface area contributed by atoms with Crippen LogP contribution in [0.15, 0.2) is 36.5 Å². The summed E-state index contributed by atoms with van der Waals surface area (Å²) in [6.07, 6.45) is 1.59. The Balaban J connectivity index is 2.21. The van der Waals surface area contributed by atoms with Gasteiger partial charge in [0.1, 0.15) is 11.5 Å². The van der Waals surface area contributed by atoms with Gasteiger partial charge < -0.3 is 11.1 Å². The van der Waals surface area contributed by atoms with E-state index >= 15 is 0 Å². The van der Waals surface area contributed by atoms with Gasteiger partial charge in [0.2, 0.25) is 5.91 Å². The number of primary amides is 1. The Morgan fingerprint density at radius 2 is 2.00 bits per heavy atom. The van der Waals surface area contributed by atoms with Gasteiger partial charge in [-0.3, -0.25) is 9.59 Å². The zero-order chi connectivity index (χ0) is 14.5. The van der Waals surface area contributed by atoms with Gasteiger partial charge in [0.05, 0.1) is 6.42 Å². The molecule has 102 valence electrons. The first-order valence-corrected chi connectivity index (χ1v) is 6.03. The van der Waals surface area contributed by atoms with Gasteiger partial charge in [-0.05, 0) is 24.6 Å². The van der Waals surface area contributed by atoms with Gasteiger partial charge in [-0.1, -0.05) is 18.2 Å². The molecule has 0 saturated heterocycles. The Kier molecular flexibility index (Phi) is 4.05. The number of anilines is 1. The van der Waals surface area contributed by atoms with Crippen molar-refractivity contribution in [2.45, 2.75) is 13.3 Å². The average Bonchev–Trinajstić information content (AvgIpc) is 2.40. The number of nitrogens with zero attached hydrogens (tertiary/aromatic N) is 2. The first kappa shape index (κ1) is 13.7.